The Bertz CT molecular complexity index is 349. The maximum atomic E-state index is 10.6. The second-order valence-electron chi connectivity index (χ2n) is 3.22. The SMILES string of the molecule is CC(Cc1ccc(O)cc1Cl)C(=O)O. The van der Waals surface area contributed by atoms with E-state index >= 15 is 0 Å². The number of carboxylic acid groups (broad SMARTS) is 1. The number of hydrogen-bond acceptors (Lipinski definition) is 2. The predicted molar refractivity (Wildman–Crippen MR) is 53.6 cm³/mol. The van der Waals surface area contributed by atoms with Gasteiger partial charge in [0.25, 0.3) is 0 Å². The molecule has 0 aliphatic rings. The molecule has 1 rings (SSSR count). The number of hydrogen-bond donors (Lipinski definition) is 2. The number of aromatic hydroxyl groups is 1. The number of halogens is 1. The maximum absolute atomic E-state index is 10.6. The molecular weight excluding hydrogens is 204 g/mol. The fourth-order valence-electron chi connectivity index (χ4n) is 1.12. The molecule has 2 N–H and O–H groups in total. The van der Waals surface area contributed by atoms with Gasteiger partial charge in [0.2, 0.25) is 0 Å². The minimum atomic E-state index is -0.853. The molecule has 0 radical (unpaired) electrons. The van der Waals surface area contributed by atoms with Gasteiger partial charge in [0, 0.05) is 5.02 Å². The molecule has 4 heteroatoms. The van der Waals surface area contributed by atoms with E-state index in [9.17, 15) is 4.79 Å². The Morgan fingerprint density at radius 3 is 2.71 bits per heavy atom. The molecule has 76 valence electrons. The monoisotopic (exact) mass is 214 g/mol. The van der Waals surface area contributed by atoms with Gasteiger partial charge in [-0.15, -0.1) is 0 Å². The number of phenolic OH excluding ortho intramolecular Hbond substituents is 1. The number of carbonyl (C=O) groups is 1. The standard InChI is InChI=1S/C10H11ClO3/c1-6(10(13)14)4-7-2-3-8(12)5-9(7)11/h2-3,5-6,12H,4H2,1H3,(H,13,14). The Kier molecular flexibility index (Phi) is 3.36. The average molecular weight is 215 g/mol. The molecular formula is C10H11ClO3. The van der Waals surface area contributed by atoms with Crippen molar-refractivity contribution in [3.8, 4) is 5.75 Å². The Morgan fingerprint density at radius 2 is 2.21 bits per heavy atom. The Morgan fingerprint density at radius 1 is 1.57 bits per heavy atom. The third-order valence-corrected chi connectivity index (χ3v) is 2.34. The molecule has 0 saturated heterocycles. The lowest BCUT2D eigenvalue weighted by molar-refractivity contribution is -0.141. The van der Waals surface area contributed by atoms with E-state index in [1.807, 2.05) is 0 Å². The lowest BCUT2D eigenvalue weighted by Crippen LogP contribution is -2.12. The molecule has 0 heterocycles. The number of rotatable bonds is 3. The fraction of sp³-hybridized carbons (Fsp3) is 0.300. The normalized spacial score (nSPS) is 12.4. The van der Waals surface area contributed by atoms with Gasteiger partial charge >= 0.3 is 5.97 Å². The molecule has 0 aliphatic heterocycles. The summed E-state index contributed by atoms with van der Waals surface area (Å²) in [6, 6.07) is 4.54. The van der Waals surface area contributed by atoms with Crippen molar-refractivity contribution in [3.63, 3.8) is 0 Å². The predicted octanol–water partition coefficient (Wildman–Crippen LogP) is 2.31. The van der Waals surface area contributed by atoms with E-state index in [0.717, 1.165) is 5.56 Å². The van der Waals surface area contributed by atoms with Gasteiger partial charge in [-0.25, -0.2) is 0 Å². The minimum Gasteiger partial charge on any atom is -0.508 e. The van der Waals surface area contributed by atoms with E-state index in [2.05, 4.69) is 0 Å². The second-order valence-corrected chi connectivity index (χ2v) is 3.63. The quantitative estimate of drug-likeness (QED) is 0.812. The van der Waals surface area contributed by atoms with Gasteiger partial charge in [0.15, 0.2) is 0 Å². The molecule has 3 nitrogen and oxygen atoms in total. The minimum absolute atomic E-state index is 0.0849. The van der Waals surface area contributed by atoms with E-state index in [1.54, 1.807) is 13.0 Å². The summed E-state index contributed by atoms with van der Waals surface area (Å²) in [5, 5.41) is 18.2. The first-order chi connectivity index (χ1) is 6.50. The summed E-state index contributed by atoms with van der Waals surface area (Å²) in [6.45, 7) is 1.62. The van der Waals surface area contributed by atoms with Crippen LogP contribution in [0.25, 0.3) is 0 Å². The van der Waals surface area contributed by atoms with Crippen LogP contribution in [0.5, 0.6) is 5.75 Å². The molecule has 0 aliphatic carbocycles. The van der Waals surface area contributed by atoms with Crippen LogP contribution in [0.15, 0.2) is 18.2 Å². The second kappa shape index (κ2) is 4.33. The van der Waals surface area contributed by atoms with E-state index in [1.165, 1.54) is 12.1 Å². The molecule has 0 spiro atoms. The third kappa shape index (κ3) is 2.64. The van der Waals surface area contributed by atoms with Crippen molar-refractivity contribution in [1.29, 1.82) is 0 Å². The van der Waals surface area contributed by atoms with Gasteiger partial charge < -0.3 is 10.2 Å². The molecule has 0 amide bonds. The Balaban J connectivity index is 2.82. The van der Waals surface area contributed by atoms with Gasteiger partial charge in [0.1, 0.15) is 5.75 Å². The summed E-state index contributed by atoms with van der Waals surface area (Å²) >= 11 is 5.83. The zero-order chi connectivity index (χ0) is 10.7. The first kappa shape index (κ1) is 10.9. The summed E-state index contributed by atoms with van der Waals surface area (Å²) in [6.07, 6.45) is 0.369. The molecule has 0 fully saturated rings. The van der Waals surface area contributed by atoms with Crippen molar-refractivity contribution < 1.29 is 15.0 Å². The summed E-state index contributed by atoms with van der Waals surface area (Å²) < 4.78 is 0. The van der Waals surface area contributed by atoms with E-state index in [0.29, 0.717) is 11.4 Å². The van der Waals surface area contributed by atoms with Gasteiger partial charge in [-0.1, -0.05) is 24.6 Å². The highest BCUT2D eigenvalue weighted by atomic mass is 35.5. The van der Waals surface area contributed by atoms with Crippen LogP contribution in [0, 0.1) is 5.92 Å². The van der Waals surface area contributed by atoms with Crippen LogP contribution in [-0.2, 0) is 11.2 Å². The van der Waals surface area contributed by atoms with Crippen molar-refractivity contribution in [1.82, 2.24) is 0 Å². The molecule has 0 bridgehead atoms. The van der Waals surface area contributed by atoms with Crippen LogP contribution in [0.3, 0.4) is 0 Å². The zero-order valence-electron chi connectivity index (χ0n) is 7.70. The van der Waals surface area contributed by atoms with E-state index in [4.69, 9.17) is 21.8 Å². The van der Waals surface area contributed by atoms with Crippen molar-refractivity contribution in [2.45, 2.75) is 13.3 Å². The van der Waals surface area contributed by atoms with Crippen LogP contribution < -0.4 is 0 Å². The van der Waals surface area contributed by atoms with Crippen LogP contribution in [0.1, 0.15) is 12.5 Å². The molecule has 1 atom stereocenters. The number of carboxylic acids is 1. The van der Waals surface area contributed by atoms with Crippen molar-refractivity contribution in [2.75, 3.05) is 0 Å². The summed E-state index contributed by atoms with van der Waals surface area (Å²) in [4.78, 5) is 10.6. The molecule has 0 saturated carbocycles. The van der Waals surface area contributed by atoms with Crippen LogP contribution >= 0.6 is 11.6 Å². The number of benzene rings is 1. The lowest BCUT2D eigenvalue weighted by atomic mass is 10.0. The largest absolute Gasteiger partial charge is 0.508 e. The topological polar surface area (TPSA) is 57.5 Å². The summed E-state index contributed by atoms with van der Waals surface area (Å²) in [5.41, 5.74) is 0.736. The molecule has 14 heavy (non-hydrogen) atoms. The first-order valence-corrected chi connectivity index (χ1v) is 4.58. The van der Waals surface area contributed by atoms with Crippen molar-refractivity contribution in [2.24, 2.45) is 5.92 Å². The summed E-state index contributed by atoms with van der Waals surface area (Å²) in [7, 11) is 0. The zero-order valence-corrected chi connectivity index (χ0v) is 8.45. The molecule has 0 aromatic heterocycles. The average Bonchev–Trinajstić information content (AvgIpc) is 2.09. The van der Waals surface area contributed by atoms with Gasteiger partial charge in [0.05, 0.1) is 5.92 Å². The highest BCUT2D eigenvalue weighted by molar-refractivity contribution is 6.31. The first-order valence-electron chi connectivity index (χ1n) is 4.21. The van der Waals surface area contributed by atoms with Crippen LogP contribution in [0.4, 0.5) is 0 Å². The highest BCUT2D eigenvalue weighted by Crippen LogP contribution is 2.23. The van der Waals surface area contributed by atoms with Crippen LogP contribution in [0.2, 0.25) is 5.02 Å². The number of phenols is 1. The van der Waals surface area contributed by atoms with Gasteiger partial charge in [-0.3, -0.25) is 4.79 Å². The third-order valence-electron chi connectivity index (χ3n) is 1.98. The van der Waals surface area contributed by atoms with Crippen molar-refractivity contribution >= 4 is 17.6 Å². The molecule has 1 unspecified atom stereocenters. The lowest BCUT2D eigenvalue weighted by Gasteiger charge is -2.07. The molecule has 1 aromatic rings. The maximum Gasteiger partial charge on any atom is 0.306 e. The smallest absolute Gasteiger partial charge is 0.306 e. The van der Waals surface area contributed by atoms with Gasteiger partial charge in [-0.05, 0) is 24.1 Å². The summed E-state index contributed by atoms with van der Waals surface area (Å²) in [5.74, 6) is -1.24. The van der Waals surface area contributed by atoms with E-state index in [-0.39, 0.29) is 5.75 Å². The van der Waals surface area contributed by atoms with Crippen LogP contribution in [-0.4, -0.2) is 16.2 Å². The highest BCUT2D eigenvalue weighted by Gasteiger charge is 2.13. The molecule has 1 aromatic carbocycles. The van der Waals surface area contributed by atoms with Gasteiger partial charge in [-0.2, -0.15) is 0 Å². The fourth-order valence-corrected chi connectivity index (χ4v) is 1.37. The Hall–Kier alpha value is -1.22. The van der Waals surface area contributed by atoms with E-state index < -0.39 is 11.9 Å². The Labute approximate surface area is 86.9 Å². The number of aliphatic carboxylic acids is 1. The van der Waals surface area contributed by atoms with Crippen molar-refractivity contribution in [3.05, 3.63) is 28.8 Å².